The van der Waals surface area contributed by atoms with E-state index in [-0.39, 0.29) is 23.3 Å². The lowest BCUT2D eigenvalue weighted by Crippen LogP contribution is -2.17. The number of sulfone groups is 1. The van der Waals surface area contributed by atoms with Crippen LogP contribution in [0.25, 0.3) is 5.69 Å². The Balaban J connectivity index is 1.46. The highest BCUT2D eigenvalue weighted by molar-refractivity contribution is 7.91. The van der Waals surface area contributed by atoms with Crippen LogP contribution in [0.4, 0.5) is 0 Å². The largest absolute Gasteiger partial charge is 0.454 e. The third-order valence-electron chi connectivity index (χ3n) is 5.92. The van der Waals surface area contributed by atoms with Crippen molar-refractivity contribution in [2.45, 2.75) is 33.2 Å². The maximum absolute atomic E-state index is 12.8. The Morgan fingerprint density at radius 1 is 1.09 bits per heavy atom. The Labute approximate surface area is 186 Å². The zero-order valence-corrected chi connectivity index (χ0v) is 19.1. The molecule has 0 bridgehead atoms. The molecule has 9 heteroatoms. The molecule has 1 saturated heterocycles. The van der Waals surface area contributed by atoms with Crippen molar-refractivity contribution in [3.63, 3.8) is 0 Å². The summed E-state index contributed by atoms with van der Waals surface area (Å²) in [7, 11) is -3.05. The van der Waals surface area contributed by atoms with Crippen molar-refractivity contribution < 1.29 is 22.7 Å². The van der Waals surface area contributed by atoms with Gasteiger partial charge in [0.1, 0.15) is 5.56 Å². The van der Waals surface area contributed by atoms with E-state index in [2.05, 4.69) is 5.10 Å². The van der Waals surface area contributed by atoms with Gasteiger partial charge in [-0.15, -0.1) is 0 Å². The van der Waals surface area contributed by atoms with E-state index in [9.17, 15) is 18.0 Å². The normalized spacial score (nSPS) is 17.4. The van der Waals surface area contributed by atoms with Crippen LogP contribution in [0, 0.1) is 20.8 Å². The van der Waals surface area contributed by atoms with Crippen LogP contribution in [0.5, 0.6) is 0 Å². The molecule has 1 aliphatic rings. The summed E-state index contributed by atoms with van der Waals surface area (Å²) in [5, 5.41) is 4.26. The van der Waals surface area contributed by atoms with E-state index in [4.69, 9.17) is 4.74 Å². The summed E-state index contributed by atoms with van der Waals surface area (Å²) in [6, 6.07) is 11.0. The number of hydrogen-bond acceptors (Lipinski definition) is 6. The molecule has 0 aliphatic carbocycles. The lowest BCUT2D eigenvalue weighted by Gasteiger charge is -2.16. The molecule has 0 N–H and O–H groups in total. The second-order valence-electron chi connectivity index (χ2n) is 8.10. The van der Waals surface area contributed by atoms with E-state index < -0.39 is 22.4 Å². The molecule has 0 spiro atoms. The molecule has 1 atom stereocenters. The van der Waals surface area contributed by atoms with Crippen LogP contribution in [0.1, 0.15) is 50.3 Å². The Kier molecular flexibility index (Phi) is 5.77. The summed E-state index contributed by atoms with van der Waals surface area (Å²) >= 11 is 0. The topological polar surface area (TPSA) is 100 Å². The second kappa shape index (κ2) is 8.38. The van der Waals surface area contributed by atoms with E-state index in [1.54, 1.807) is 24.6 Å². The number of carbonyl (C=O) groups is 2. The van der Waals surface area contributed by atoms with Gasteiger partial charge in [0, 0.05) is 23.0 Å². The molecule has 0 radical (unpaired) electrons. The zero-order valence-electron chi connectivity index (χ0n) is 18.2. The van der Waals surface area contributed by atoms with Crippen molar-refractivity contribution in [3.8, 4) is 5.69 Å². The van der Waals surface area contributed by atoms with Crippen LogP contribution in [0.3, 0.4) is 0 Å². The van der Waals surface area contributed by atoms with Crippen molar-refractivity contribution in [1.82, 2.24) is 14.3 Å². The highest BCUT2D eigenvalue weighted by atomic mass is 32.2. The van der Waals surface area contributed by atoms with E-state index >= 15 is 0 Å². The fraction of sp³-hybridized carbons (Fsp3) is 0.348. The van der Waals surface area contributed by atoms with Crippen LogP contribution in [-0.2, 0) is 14.6 Å². The predicted octanol–water partition coefficient (Wildman–Crippen LogP) is 3.00. The molecule has 8 nitrogen and oxygen atoms in total. The molecule has 0 amide bonds. The number of hydrogen-bond donors (Lipinski definition) is 0. The quantitative estimate of drug-likeness (QED) is 0.418. The van der Waals surface area contributed by atoms with Crippen molar-refractivity contribution in [1.29, 1.82) is 0 Å². The van der Waals surface area contributed by atoms with E-state index in [0.717, 1.165) is 11.4 Å². The molecule has 1 aliphatic heterocycles. The molecule has 3 aromatic rings. The number of aryl methyl sites for hydroxylation is 1. The van der Waals surface area contributed by atoms with Crippen molar-refractivity contribution in [3.05, 3.63) is 70.8 Å². The van der Waals surface area contributed by atoms with Gasteiger partial charge >= 0.3 is 5.97 Å². The maximum Gasteiger partial charge on any atom is 0.342 e. The van der Waals surface area contributed by atoms with E-state index in [0.29, 0.717) is 28.9 Å². The van der Waals surface area contributed by atoms with E-state index in [1.165, 1.54) is 6.20 Å². The Hall–Kier alpha value is -3.20. The van der Waals surface area contributed by atoms with Crippen molar-refractivity contribution in [2.24, 2.45) is 0 Å². The molecule has 4 rings (SSSR count). The maximum atomic E-state index is 12.8. The molecule has 1 unspecified atom stereocenters. The fourth-order valence-corrected chi connectivity index (χ4v) is 6.03. The minimum Gasteiger partial charge on any atom is -0.454 e. The van der Waals surface area contributed by atoms with Gasteiger partial charge in [-0.05, 0) is 45.4 Å². The number of rotatable bonds is 6. The Bertz CT molecular complexity index is 1290. The molecule has 1 fully saturated rings. The highest BCUT2D eigenvalue weighted by Gasteiger charge is 2.32. The number of Topliss-reactive ketones (excluding diaryl/α,β-unsaturated/α-hetero) is 1. The Morgan fingerprint density at radius 2 is 1.81 bits per heavy atom. The first-order valence-corrected chi connectivity index (χ1v) is 12.2. The summed E-state index contributed by atoms with van der Waals surface area (Å²) in [6.07, 6.45) is 1.97. The van der Waals surface area contributed by atoms with Gasteiger partial charge in [0.2, 0.25) is 5.78 Å². The molecular formula is C23H25N3O5S. The van der Waals surface area contributed by atoms with Gasteiger partial charge in [-0.2, -0.15) is 5.10 Å². The first-order chi connectivity index (χ1) is 15.2. The van der Waals surface area contributed by atoms with Crippen LogP contribution in [0.15, 0.2) is 42.6 Å². The van der Waals surface area contributed by atoms with Gasteiger partial charge in [-0.3, -0.25) is 4.79 Å². The standard InChI is InChI=1S/C23H25N3O5S/c1-15-11-20(16(2)25(15)19-9-10-32(29,30)14-19)22(27)13-31-23(28)21-12-24-26(17(21)3)18-7-5-4-6-8-18/h4-8,11-12,19H,9-10,13-14H2,1-3H3. The third kappa shape index (κ3) is 4.12. The molecule has 0 saturated carbocycles. The number of ether oxygens (including phenoxy) is 1. The Morgan fingerprint density at radius 3 is 2.47 bits per heavy atom. The second-order valence-corrected chi connectivity index (χ2v) is 10.3. The minimum atomic E-state index is -3.05. The number of para-hydroxylation sites is 1. The van der Waals surface area contributed by atoms with Crippen molar-refractivity contribution in [2.75, 3.05) is 18.1 Å². The monoisotopic (exact) mass is 455 g/mol. The summed E-state index contributed by atoms with van der Waals surface area (Å²) in [4.78, 5) is 25.4. The highest BCUT2D eigenvalue weighted by Crippen LogP contribution is 2.29. The molecular weight excluding hydrogens is 430 g/mol. The number of carbonyl (C=O) groups excluding carboxylic acids is 2. The number of nitrogens with zero attached hydrogens (tertiary/aromatic N) is 3. The first-order valence-electron chi connectivity index (χ1n) is 10.4. The minimum absolute atomic E-state index is 0.0800. The van der Waals surface area contributed by atoms with Gasteiger partial charge in [0.15, 0.2) is 16.4 Å². The van der Waals surface area contributed by atoms with E-state index in [1.807, 2.05) is 41.8 Å². The van der Waals surface area contributed by atoms with Crippen LogP contribution < -0.4 is 0 Å². The SMILES string of the molecule is Cc1c(C(=O)OCC(=O)c2cc(C)n(C3CCS(=O)(=O)C3)c2C)cnn1-c1ccccc1. The lowest BCUT2D eigenvalue weighted by molar-refractivity contribution is 0.0473. The van der Waals surface area contributed by atoms with Gasteiger partial charge < -0.3 is 9.30 Å². The van der Waals surface area contributed by atoms with Gasteiger partial charge in [0.05, 0.1) is 29.1 Å². The predicted molar refractivity (Wildman–Crippen MR) is 119 cm³/mol. The average molecular weight is 456 g/mol. The number of ketones is 1. The molecule has 32 heavy (non-hydrogen) atoms. The lowest BCUT2D eigenvalue weighted by atomic mass is 10.1. The number of esters is 1. The molecule has 168 valence electrons. The van der Waals surface area contributed by atoms with Gasteiger partial charge in [0.25, 0.3) is 0 Å². The fourth-order valence-electron chi connectivity index (χ4n) is 4.33. The number of aromatic nitrogens is 3. The third-order valence-corrected chi connectivity index (χ3v) is 7.67. The summed E-state index contributed by atoms with van der Waals surface area (Å²) in [5.41, 5.74) is 3.69. The molecule has 3 heterocycles. The number of benzene rings is 1. The summed E-state index contributed by atoms with van der Waals surface area (Å²) in [5.74, 6) is -0.706. The van der Waals surface area contributed by atoms with Crippen molar-refractivity contribution >= 4 is 21.6 Å². The summed E-state index contributed by atoms with van der Waals surface area (Å²) < 4.78 is 32.6. The van der Waals surface area contributed by atoms with Gasteiger partial charge in [-0.25, -0.2) is 17.9 Å². The molecule has 2 aromatic heterocycles. The van der Waals surface area contributed by atoms with Gasteiger partial charge in [-0.1, -0.05) is 18.2 Å². The van der Waals surface area contributed by atoms with Crippen LogP contribution in [0.2, 0.25) is 0 Å². The van der Waals surface area contributed by atoms with Crippen LogP contribution in [-0.4, -0.2) is 52.6 Å². The molecule has 1 aromatic carbocycles. The zero-order chi connectivity index (χ0) is 23.0. The average Bonchev–Trinajstić information content (AvgIpc) is 3.41. The first kappa shape index (κ1) is 22.0. The summed E-state index contributed by atoms with van der Waals surface area (Å²) in [6.45, 7) is 5.01. The smallest absolute Gasteiger partial charge is 0.342 e. The van der Waals surface area contributed by atoms with Crippen LogP contribution >= 0.6 is 0 Å².